The molecule has 1 aromatic heterocycles. The number of H-pyrrole nitrogens is 1. The largest absolute Gasteiger partial charge is 0.461 e. The van der Waals surface area contributed by atoms with Crippen LogP contribution in [0.4, 0.5) is 0 Å². The molecular weight excluding hydrogens is 366 g/mol. The third-order valence-electron chi connectivity index (χ3n) is 4.48. The van der Waals surface area contributed by atoms with Crippen molar-refractivity contribution in [3.05, 3.63) is 81.6 Å². The number of halogens is 1. The van der Waals surface area contributed by atoms with Crippen LogP contribution in [0, 0.1) is 0 Å². The van der Waals surface area contributed by atoms with E-state index in [-0.39, 0.29) is 35.1 Å². The molecule has 0 atom stereocenters. The Morgan fingerprint density at radius 1 is 0.963 bits per heavy atom. The molecule has 1 aliphatic carbocycles. The number of fused-ring (bicyclic) bond motifs is 2. The van der Waals surface area contributed by atoms with Crippen LogP contribution < -0.4 is 0 Å². The van der Waals surface area contributed by atoms with Crippen LogP contribution in [0.1, 0.15) is 49.4 Å². The molecule has 0 radical (unpaired) electrons. The zero-order valence-electron chi connectivity index (χ0n) is 14.3. The average Bonchev–Trinajstić information content (AvgIpc) is 3.08. The fraction of sp³-hybridized carbons (Fsp3) is 0.0952. The standard InChI is InChI=1S/C21H14ClNO4/c1-2-27-21(26)18-15(11-7-9-12(22)10-8-11)16-17(23-18)20(25)14-6-4-3-5-13(14)19(16)24/h3-10,23H,2H2,1H3. The Kier molecular flexibility index (Phi) is 4.16. The van der Waals surface area contributed by atoms with Crippen LogP contribution in [0.3, 0.4) is 0 Å². The van der Waals surface area contributed by atoms with E-state index in [1.807, 2.05) is 0 Å². The Morgan fingerprint density at radius 2 is 1.59 bits per heavy atom. The molecule has 0 spiro atoms. The minimum absolute atomic E-state index is 0.0821. The van der Waals surface area contributed by atoms with Gasteiger partial charge >= 0.3 is 5.97 Å². The highest BCUT2D eigenvalue weighted by molar-refractivity contribution is 6.32. The topological polar surface area (TPSA) is 76.2 Å². The molecule has 27 heavy (non-hydrogen) atoms. The maximum atomic E-state index is 13.2. The van der Waals surface area contributed by atoms with Crippen LogP contribution >= 0.6 is 11.6 Å². The highest BCUT2D eigenvalue weighted by atomic mass is 35.5. The number of ether oxygens (including phenoxy) is 1. The average molecular weight is 380 g/mol. The van der Waals surface area contributed by atoms with Crippen molar-refractivity contribution in [3.8, 4) is 11.1 Å². The summed E-state index contributed by atoms with van der Waals surface area (Å²) in [6, 6.07) is 13.3. The van der Waals surface area contributed by atoms with Crippen molar-refractivity contribution in [2.75, 3.05) is 6.61 Å². The molecule has 134 valence electrons. The van der Waals surface area contributed by atoms with Crippen molar-refractivity contribution in [1.29, 1.82) is 0 Å². The number of aromatic nitrogens is 1. The van der Waals surface area contributed by atoms with Crippen LogP contribution in [-0.4, -0.2) is 29.1 Å². The fourth-order valence-corrected chi connectivity index (χ4v) is 3.43. The number of rotatable bonds is 3. The number of aromatic amines is 1. The molecule has 5 nitrogen and oxygen atoms in total. The quantitative estimate of drug-likeness (QED) is 0.539. The number of ketones is 2. The fourth-order valence-electron chi connectivity index (χ4n) is 3.31. The number of esters is 1. The van der Waals surface area contributed by atoms with Gasteiger partial charge in [-0.25, -0.2) is 4.79 Å². The number of carbonyl (C=O) groups is 3. The van der Waals surface area contributed by atoms with E-state index < -0.39 is 5.97 Å². The van der Waals surface area contributed by atoms with Crippen molar-refractivity contribution in [2.45, 2.75) is 6.92 Å². The number of hydrogen-bond acceptors (Lipinski definition) is 4. The van der Waals surface area contributed by atoms with E-state index in [0.29, 0.717) is 27.3 Å². The monoisotopic (exact) mass is 379 g/mol. The summed E-state index contributed by atoms with van der Waals surface area (Å²) >= 11 is 5.97. The van der Waals surface area contributed by atoms with Crippen LogP contribution in [0.5, 0.6) is 0 Å². The molecule has 0 saturated carbocycles. The molecule has 0 saturated heterocycles. The van der Waals surface area contributed by atoms with E-state index in [4.69, 9.17) is 16.3 Å². The van der Waals surface area contributed by atoms with Gasteiger partial charge in [-0.15, -0.1) is 0 Å². The van der Waals surface area contributed by atoms with Gasteiger partial charge < -0.3 is 9.72 Å². The lowest BCUT2D eigenvalue weighted by Crippen LogP contribution is -2.20. The Balaban J connectivity index is 2.01. The Labute approximate surface area is 159 Å². The molecular formula is C21H14ClNO4. The first-order chi connectivity index (χ1) is 13.0. The van der Waals surface area contributed by atoms with Crippen molar-refractivity contribution < 1.29 is 19.1 Å². The van der Waals surface area contributed by atoms with E-state index in [9.17, 15) is 14.4 Å². The second-order valence-corrected chi connectivity index (χ2v) is 6.49. The summed E-state index contributed by atoms with van der Waals surface area (Å²) in [5.74, 6) is -1.26. The predicted octanol–water partition coefficient (Wildman–Crippen LogP) is 4.29. The van der Waals surface area contributed by atoms with Crippen molar-refractivity contribution in [3.63, 3.8) is 0 Å². The molecule has 3 aromatic rings. The second-order valence-electron chi connectivity index (χ2n) is 6.06. The summed E-state index contributed by atoms with van der Waals surface area (Å²) in [7, 11) is 0. The van der Waals surface area contributed by atoms with Crippen LogP contribution in [0.2, 0.25) is 5.02 Å². The molecule has 1 aliphatic rings. The molecule has 0 bridgehead atoms. The lowest BCUT2D eigenvalue weighted by Gasteiger charge is -2.15. The summed E-state index contributed by atoms with van der Waals surface area (Å²) < 4.78 is 5.12. The summed E-state index contributed by atoms with van der Waals surface area (Å²) in [6.07, 6.45) is 0. The van der Waals surface area contributed by atoms with Gasteiger partial charge in [0.05, 0.1) is 17.9 Å². The van der Waals surface area contributed by atoms with Crippen LogP contribution in [0.25, 0.3) is 11.1 Å². The van der Waals surface area contributed by atoms with E-state index in [1.165, 1.54) is 0 Å². The molecule has 2 aromatic carbocycles. The number of carbonyl (C=O) groups excluding carboxylic acids is 3. The number of hydrogen-bond donors (Lipinski definition) is 1. The third kappa shape index (κ3) is 2.67. The predicted molar refractivity (Wildman–Crippen MR) is 101 cm³/mol. The van der Waals surface area contributed by atoms with Gasteiger partial charge in [0.2, 0.25) is 5.78 Å². The van der Waals surface area contributed by atoms with Gasteiger partial charge in [-0.2, -0.15) is 0 Å². The summed E-state index contributed by atoms with van der Waals surface area (Å²) in [5, 5.41) is 0.522. The van der Waals surface area contributed by atoms with E-state index in [2.05, 4.69) is 4.98 Å². The van der Waals surface area contributed by atoms with Gasteiger partial charge in [0, 0.05) is 21.7 Å². The number of nitrogens with one attached hydrogen (secondary N) is 1. The zero-order valence-corrected chi connectivity index (χ0v) is 15.1. The number of benzene rings is 2. The molecule has 0 aliphatic heterocycles. The smallest absolute Gasteiger partial charge is 0.355 e. The summed E-state index contributed by atoms with van der Waals surface area (Å²) in [5.41, 5.74) is 1.96. The van der Waals surface area contributed by atoms with E-state index >= 15 is 0 Å². The van der Waals surface area contributed by atoms with Gasteiger partial charge in [0.15, 0.2) is 5.78 Å². The molecule has 6 heteroatoms. The normalized spacial score (nSPS) is 12.5. The first kappa shape index (κ1) is 17.2. The van der Waals surface area contributed by atoms with Crippen molar-refractivity contribution in [1.82, 2.24) is 4.98 Å². The maximum absolute atomic E-state index is 13.2. The second kappa shape index (κ2) is 6.52. The summed E-state index contributed by atoms with van der Waals surface area (Å²) in [6.45, 7) is 1.86. The lowest BCUT2D eigenvalue weighted by molar-refractivity contribution is 0.0521. The van der Waals surface area contributed by atoms with Gasteiger partial charge in [-0.1, -0.05) is 48.0 Å². The van der Waals surface area contributed by atoms with E-state index in [0.717, 1.165) is 0 Å². The minimum Gasteiger partial charge on any atom is -0.461 e. The Morgan fingerprint density at radius 3 is 2.22 bits per heavy atom. The van der Waals surface area contributed by atoms with Crippen molar-refractivity contribution >= 4 is 29.1 Å². The van der Waals surface area contributed by atoms with Gasteiger partial charge in [-0.3, -0.25) is 9.59 Å². The van der Waals surface area contributed by atoms with Crippen LogP contribution in [0.15, 0.2) is 48.5 Å². The maximum Gasteiger partial charge on any atom is 0.355 e. The minimum atomic E-state index is -0.624. The summed E-state index contributed by atoms with van der Waals surface area (Å²) in [4.78, 5) is 41.4. The van der Waals surface area contributed by atoms with Gasteiger partial charge in [0.25, 0.3) is 0 Å². The first-order valence-electron chi connectivity index (χ1n) is 8.40. The zero-order chi connectivity index (χ0) is 19.1. The van der Waals surface area contributed by atoms with Crippen molar-refractivity contribution in [2.24, 2.45) is 0 Å². The lowest BCUT2D eigenvalue weighted by atomic mass is 9.85. The highest BCUT2D eigenvalue weighted by Crippen LogP contribution is 2.37. The Bertz CT molecular complexity index is 1100. The van der Waals surface area contributed by atoms with E-state index in [1.54, 1.807) is 55.5 Å². The first-order valence-corrected chi connectivity index (χ1v) is 8.78. The molecule has 0 fully saturated rings. The van der Waals surface area contributed by atoms with Crippen LogP contribution in [-0.2, 0) is 4.74 Å². The molecule has 4 rings (SSSR count). The highest BCUT2D eigenvalue weighted by Gasteiger charge is 2.37. The molecule has 0 amide bonds. The molecule has 1 heterocycles. The Hall–Kier alpha value is -3.18. The van der Waals surface area contributed by atoms with Gasteiger partial charge in [0.1, 0.15) is 5.69 Å². The van der Waals surface area contributed by atoms with Gasteiger partial charge in [-0.05, 0) is 24.6 Å². The SMILES string of the molecule is CCOC(=O)c1[nH]c2c(c1-c1ccc(Cl)cc1)C(=O)c1ccccc1C2=O. The molecule has 1 N–H and O–H groups in total. The molecule has 0 unspecified atom stereocenters. The third-order valence-corrected chi connectivity index (χ3v) is 4.73.